The number of halogens is 1. The molecule has 1 saturated carbocycles. The van der Waals surface area contributed by atoms with Gasteiger partial charge in [-0.1, -0.05) is 13.8 Å². The zero-order valence-electron chi connectivity index (χ0n) is 22.2. The molecule has 4 aromatic heterocycles. The lowest BCUT2D eigenvalue weighted by Gasteiger charge is -2.31. The molecule has 0 saturated heterocycles. The molecule has 5 rings (SSSR count). The molecular formula is C28H37FN6O. The number of aromatic nitrogens is 5. The lowest BCUT2D eigenvalue weighted by atomic mass is 9.81. The van der Waals surface area contributed by atoms with Gasteiger partial charge in [0.15, 0.2) is 11.4 Å². The Bertz CT molecular complexity index is 1370. The van der Waals surface area contributed by atoms with E-state index in [0.717, 1.165) is 42.5 Å². The Hall–Kier alpha value is -3.00. The number of hydrogen-bond donors (Lipinski definition) is 2. The smallest absolute Gasteiger partial charge is 0.197 e. The quantitative estimate of drug-likeness (QED) is 0.327. The average Bonchev–Trinajstić information content (AvgIpc) is 3.47. The molecule has 4 heterocycles. The van der Waals surface area contributed by atoms with Crippen LogP contribution in [0.3, 0.4) is 0 Å². The molecule has 192 valence electrons. The van der Waals surface area contributed by atoms with Crippen LogP contribution in [-0.2, 0) is 0 Å². The maximum absolute atomic E-state index is 13.9. The molecule has 0 radical (unpaired) electrons. The average molecular weight is 493 g/mol. The molecule has 1 aliphatic carbocycles. The molecule has 4 aromatic rings. The van der Waals surface area contributed by atoms with Crippen LogP contribution in [0.25, 0.3) is 27.8 Å². The number of nitrogens with zero attached hydrogens (tertiary/aromatic N) is 4. The molecule has 0 aliphatic heterocycles. The fourth-order valence-electron chi connectivity index (χ4n) is 5.75. The summed E-state index contributed by atoms with van der Waals surface area (Å²) in [6.45, 7) is 10.4. The highest BCUT2D eigenvalue weighted by atomic mass is 19.1. The molecule has 0 spiro atoms. The van der Waals surface area contributed by atoms with E-state index in [1.165, 1.54) is 22.2 Å². The minimum atomic E-state index is -1.18. The Labute approximate surface area is 211 Å². The molecule has 0 bridgehead atoms. The molecule has 1 fully saturated rings. The van der Waals surface area contributed by atoms with Crippen molar-refractivity contribution < 1.29 is 9.13 Å². The molecular weight excluding hydrogens is 455 g/mol. The standard InChI is InChI=1S/C28H37FN6O/c1-16(2)23-24-17(3)25(18-7-9-20(10-8-18)31-14-28(4,5)29)30-12-21(24)34-26(23)19-11-22(36-6)27-32-15-33-35(27)13-19/h11-13,15-16,18,20,31,34H,7-10,14H2,1-6H3. The van der Waals surface area contributed by atoms with Gasteiger partial charge in [0.2, 0.25) is 0 Å². The number of fused-ring (bicyclic) bond motifs is 2. The first-order valence-electron chi connectivity index (χ1n) is 13.0. The second-order valence-corrected chi connectivity index (χ2v) is 11.1. The van der Waals surface area contributed by atoms with Crippen molar-refractivity contribution in [1.82, 2.24) is 29.9 Å². The number of rotatable bonds is 7. The van der Waals surface area contributed by atoms with E-state index in [1.54, 1.807) is 31.8 Å². The van der Waals surface area contributed by atoms with E-state index in [1.807, 2.05) is 18.5 Å². The Morgan fingerprint density at radius 1 is 1.22 bits per heavy atom. The fraction of sp³-hybridized carbons (Fsp3) is 0.536. The van der Waals surface area contributed by atoms with E-state index >= 15 is 0 Å². The lowest BCUT2D eigenvalue weighted by Crippen LogP contribution is -2.40. The Kier molecular flexibility index (Phi) is 6.49. The van der Waals surface area contributed by atoms with Gasteiger partial charge in [0.05, 0.1) is 24.5 Å². The minimum Gasteiger partial charge on any atom is -0.493 e. The number of aryl methyl sites for hydroxylation is 1. The Balaban J connectivity index is 1.50. The lowest BCUT2D eigenvalue weighted by molar-refractivity contribution is 0.193. The molecule has 0 unspecified atom stereocenters. The number of hydrogen-bond acceptors (Lipinski definition) is 5. The van der Waals surface area contributed by atoms with Gasteiger partial charge in [-0.2, -0.15) is 5.10 Å². The summed E-state index contributed by atoms with van der Waals surface area (Å²) in [6, 6.07) is 2.41. The number of aromatic amines is 1. The predicted molar refractivity (Wildman–Crippen MR) is 142 cm³/mol. The largest absolute Gasteiger partial charge is 0.493 e. The van der Waals surface area contributed by atoms with Crippen molar-refractivity contribution in [3.05, 3.63) is 41.6 Å². The van der Waals surface area contributed by atoms with Crippen LogP contribution < -0.4 is 10.1 Å². The highest BCUT2D eigenvalue weighted by Gasteiger charge is 2.28. The summed E-state index contributed by atoms with van der Waals surface area (Å²) in [5.41, 5.74) is 6.39. The third kappa shape index (κ3) is 4.59. The summed E-state index contributed by atoms with van der Waals surface area (Å²) in [6.07, 6.45) is 9.77. The number of methoxy groups -OCH3 is 1. The van der Waals surface area contributed by atoms with Crippen molar-refractivity contribution in [3.8, 4) is 17.0 Å². The highest BCUT2D eigenvalue weighted by molar-refractivity contribution is 5.94. The number of alkyl halides is 1. The number of nitrogens with one attached hydrogen (secondary N) is 2. The summed E-state index contributed by atoms with van der Waals surface area (Å²) < 4.78 is 21.3. The fourth-order valence-corrected chi connectivity index (χ4v) is 5.75. The van der Waals surface area contributed by atoms with Crippen LogP contribution in [-0.4, -0.2) is 49.9 Å². The van der Waals surface area contributed by atoms with Crippen LogP contribution in [0.5, 0.6) is 5.75 Å². The Morgan fingerprint density at radius 3 is 2.64 bits per heavy atom. The third-order valence-corrected chi connectivity index (χ3v) is 7.51. The minimum absolute atomic E-state index is 0.309. The van der Waals surface area contributed by atoms with E-state index in [4.69, 9.17) is 9.72 Å². The first-order chi connectivity index (χ1) is 17.2. The van der Waals surface area contributed by atoms with E-state index in [0.29, 0.717) is 35.8 Å². The summed E-state index contributed by atoms with van der Waals surface area (Å²) in [7, 11) is 1.66. The van der Waals surface area contributed by atoms with E-state index in [2.05, 4.69) is 41.2 Å². The summed E-state index contributed by atoms with van der Waals surface area (Å²) in [5, 5.41) is 9.03. The maximum atomic E-state index is 13.9. The molecule has 0 amide bonds. The van der Waals surface area contributed by atoms with Crippen molar-refractivity contribution in [2.24, 2.45) is 0 Å². The van der Waals surface area contributed by atoms with Crippen molar-refractivity contribution in [1.29, 1.82) is 0 Å². The Morgan fingerprint density at radius 2 is 1.97 bits per heavy atom. The van der Waals surface area contributed by atoms with E-state index in [-0.39, 0.29) is 0 Å². The molecule has 36 heavy (non-hydrogen) atoms. The number of H-pyrrole nitrogens is 1. The monoisotopic (exact) mass is 492 g/mol. The van der Waals surface area contributed by atoms with Crippen LogP contribution >= 0.6 is 0 Å². The maximum Gasteiger partial charge on any atom is 0.197 e. The van der Waals surface area contributed by atoms with Crippen molar-refractivity contribution in [2.75, 3.05) is 13.7 Å². The van der Waals surface area contributed by atoms with E-state index in [9.17, 15) is 4.39 Å². The van der Waals surface area contributed by atoms with Crippen molar-refractivity contribution >= 4 is 16.6 Å². The van der Waals surface area contributed by atoms with Gasteiger partial charge < -0.3 is 15.0 Å². The molecule has 1 aliphatic rings. The molecule has 8 heteroatoms. The van der Waals surface area contributed by atoms with Gasteiger partial charge in [-0.25, -0.2) is 13.9 Å². The van der Waals surface area contributed by atoms with Gasteiger partial charge in [0.25, 0.3) is 0 Å². The SMILES string of the molecule is COc1cc(-c2[nH]c3cnc(C4CCC(NCC(C)(C)F)CC4)c(C)c3c2C(C)C)cn2ncnc12. The zero-order valence-corrected chi connectivity index (χ0v) is 22.2. The van der Waals surface area contributed by atoms with Crippen molar-refractivity contribution in [3.63, 3.8) is 0 Å². The number of ether oxygens (including phenoxy) is 1. The summed E-state index contributed by atoms with van der Waals surface area (Å²) >= 11 is 0. The van der Waals surface area contributed by atoms with Gasteiger partial charge in [-0.3, -0.25) is 4.98 Å². The normalized spacial score (nSPS) is 19.0. The van der Waals surface area contributed by atoms with Gasteiger partial charge in [0, 0.05) is 41.3 Å². The second-order valence-electron chi connectivity index (χ2n) is 11.1. The van der Waals surface area contributed by atoms with Crippen LogP contribution in [0.4, 0.5) is 4.39 Å². The number of pyridine rings is 2. The zero-order chi connectivity index (χ0) is 25.6. The predicted octanol–water partition coefficient (Wildman–Crippen LogP) is 6.08. The summed E-state index contributed by atoms with van der Waals surface area (Å²) in [5.74, 6) is 1.43. The van der Waals surface area contributed by atoms with E-state index < -0.39 is 5.67 Å². The van der Waals surface area contributed by atoms with Crippen LogP contribution in [0, 0.1) is 6.92 Å². The molecule has 7 nitrogen and oxygen atoms in total. The van der Waals surface area contributed by atoms with Crippen LogP contribution in [0.2, 0.25) is 0 Å². The van der Waals surface area contributed by atoms with Gasteiger partial charge in [0.1, 0.15) is 12.0 Å². The molecule has 0 atom stereocenters. The third-order valence-electron chi connectivity index (χ3n) is 7.51. The van der Waals surface area contributed by atoms with Crippen LogP contribution in [0.15, 0.2) is 24.8 Å². The van der Waals surface area contributed by atoms with Crippen LogP contribution in [0.1, 0.15) is 82.0 Å². The van der Waals surface area contributed by atoms with Gasteiger partial charge >= 0.3 is 0 Å². The first kappa shape index (κ1) is 24.7. The van der Waals surface area contributed by atoms with Gasteiger partial charge in [-0.15, -0.1) is 0 Å². The second kappa shape index (κ2) is 9.47. The first-order valence-corrected chi connectivity index (χ1v) is 13.0. The van der Waals surface area contributed by atoms with Crippen molar-refractivity contribution in [2.45, 2.75) is 83.8 Å². The molecule has 2 N–H and O–H groups in total. The topological polar surface area (TPSA) is 80.1 Å². The molecule has 0 aromatic carbocycles. The summed E-state index contributed by atoms with van der Waals surface area (Å²) in [4.78, 5) is 12.9. The van der Waals surface area contributed by atoms with Gasteiger partial charge in [-0.05, 0) is 69.6 Å². The highest BCUT2D eigenvalue weighted by Crippen LogP contribution is 2.41.